The van der Waals surface area contributed by atoms with Crippen LogP contribution in [-0.4, -0.2) is 59.0 Å². The lowest BCUT2D eigenvalue weighted by Crippen LogP contribution is -2.55. The number of allylic oxidation sites excluding steroid dienone is 8. The van der Waals surface area contributed by atoms with Crippen LogP contribution in [0, 0.1) is 0 Å². The number of carbonyl (C=O) groups excluding carboxylic acids is 6. The Morgan fingerprint density at radius 1 is 0.510 bits per heavy atom. The lowest BCUT2D eigenvalue weighted by Gasteiger charge is -2.50. The molecule has 4 heterocycles. The summed E-state index contributed by atoms with van der Waals surface area (Å²) in [4.78, 5) is 74.4. The number of esters is 6. The average Bonchev–Trinajstić information content (AvgIpc) is 3.02. The van der Waals surface area contributed by atoms with Gasteiger partial charge in [-0.2, -0.15) is 0 Å². The van der Waals surface area contributed by atoms with Crippen molar-refractivity contribution < 1.29 is 76.9 Å². The molecule has 51 heavy (non-hydrogen) atoms. The normalized spacial score (nSPS) is 27.8. The summed E-state index contributed by atoms with van der Waals surface area (Å²) < 4.78 is 42.1. The van der Waals surface area contributed by atoms with Crippen molar-refractivity contribution in [2.45, 2.75) is 82.9 Å². The van der Waals surface area contributed by atoms with Gasteiger partial charge in [0, 0.05) is 39.5 Å². The van der Waals surface area contributed by atoms with Crippen LogP contribution in [0.4, 0.5) is 0 Å². The Morgan fingerprint density at radius 2 is 0.902 bits per heavy atom. The van der Waals surface area contributed by atoms with Gasteiger partial charge in [-0.25, -0.2) is 28.8 Å². The van der Waals surface area contributed by atoms with Gasteiger partial charge in [0.2, 0.25) is 0 Å². The molecule has 2 saturated heterocycles. The summed E-state index contributed by atoms with van der Waals surface area (Å²) in [6, 6.07) is 0. The van der Waals surface area contributed by atoms with Gasteiger partial charge in [-0.3, -0.25) is 0 Å². The molecule has 270 valence electrons. The SMILES string of the molecule is CCC1(C)OC(=O)C(C=CC=CC=C2C(=O)OC3(CCC4(CC3)OC(=O)C(C=CC=CC=C3C(=O)OC(C)(C)OC3=O)=C([O-])O4)OC2=O)=C([O-])O1. The molecule has 5 rings (SSSR count). The molecule has 0 N–H and O–H groups in total. The molecule has 0 aromatic rings. The van der Waals surface area contributed by atoms with E-state index in [0.717, 1.165) is 24.3 Å². The minimum Gasteiger partial charge on any atom is -0.574 e. The Kier molecular flexibility index (Phi) is 9.72. The van der Waals surface area contributed by atoms with Gasteiger partial charge in [0.1, 0.15) is 11.1 Å². The summed E-state index contributed by atoms with van der Waals surface area (Å²) in [7, 11) is 0. The second-order valence-corrected chi connectivity index (χ2v) is 12.3. The third-order valence-electron chi connectivity index (χ3n) is 8.08. The van der Waals surface area contributed by atoms with Crippen molar-refractivity contribution in [3.63, 3.8) is 0 Å². The van der Waals surface area contributed by atoms with Gasteiger partial charge < -0.3 is 48.1 Å². The fraction of sp³-hybridized carbons (Fsp3) is 0.371. The Labute approximate surface area is 290 Å². The summed E-state index contributed by atoms with van der Waals surface area (Å²) in [5.41, 5.74) is -1.54. The second kappa shape index (κ2) is 13.7. The molecule has 0 radical (unpaired) electrons. The highest BCUT2D eigenvalue weighted by Gasteiger charge is 2.53. The van der Waals surface area contributed by atoms with Gasteiger partial charge >= 0.3 is 35.8 Å². The highest BCUT2D eigenvalue weighted by atomic mass is 16.8. The number of hydrogen-bond acceptors (Lipinski definition) is 16. The maximum Gasteiger partial charge on any atom is 0.348 e. The van der Waals surface area contributed by atoms with Crippen LogP contribution in [0.1, 0.15) is 59.8 Å². The van der Waals surface area contributed by atoms with Gasteiger partial charge in [-0.05, 0) is 37.6 Å². The van der Waals surface area contributed by atoms with E-state index in [1.807, 2.05) is 0 Å². The van der Waals surface area contributed by atoms with Crippen molar-refractivity contribution in [3.05, 3.63) is 94.9 Å². The predicted octanol–water partition coefficient (Wildman–Crippen LogP) is 1.38. The fourth-order valence-corrected chi connectivity index (χ4v) is 5.22. The zero-order chi connectivity index (χ0) is 37.2. The molecule has 0 aromatic carbocycles. The second-order valence-electron chi connectivity index (χ2n) is 12.3. The highest BCUT2D eigenvalue weighted by Crippen LogP contribution is 2.45. The Morgan fingerprint density at radius 3 is 1.33 bits per heavy atom. The van der Waals surface area contributed by atoms with Crippen molar-refractivity contribution >= 4 is 35.8 Å². The summed E-state index contributed by atoms with van der Waals surface area (Å²) in [6.07, 6.45) is 12.1. The van der Waals surface area contributed by atoms with Crippen molar-refractivity contribution in [2.24, 2.45) is 0 Å². The van der Waals surface area contributed by atoms with Crippen LogP contribution >= 0.6 is 0 Å². The minimum absolute atomic E-state index is 0.149. The third kappa shape index (κ3) is 7.90. The van der Waals surface area contributed by atoms with Gasteiger partial charge in [0.15, 0.2) is 11.6 Å². The van der Waals surface area contributed by atoms with E-state index in [4.69, 9.17) is 37.9 Å². The zero-order valence-corrected chi connectivity index (χ0v) is 27.8. The summed E-state index contributed by atoms with van der Waals surface area (Å²) >= 11 is 0. The van der Waals surface area contributed by atoms with Crippen molar-refractivity contribution in [1.29, 1.82) is 0 Å². The molecule has 4 aliphatic heterocycles. The quantitative estimate of drug-likeness (QED) is 0.120. The molecule has 1 saturated carbocycles. The van der Waals surface area contributed by atoms with Gasteiger partial charge in [0.05, 0.1) is 23.0 Å². The summed E-state index contributed by atoms with van der Waals surface area (Å²) in [6.45, 7) is 5.97. The number of cyclic esters (lactones) is 3. The van der Waals surface area contributed by atoms with Crippen LogP contribution in [0.2, 0.25) is 0 Å². The van der Waals surface area contributed by atoms with Crippen molar-refractivity contribution in [3.8, 4) is 0 Å². The van der Waals surface area contributed by atoms with Crippen molar-refractivity contribution in [2.75, 3.05) is 0 Å². The van der Waals surface area contributed by atoms with Crippen LogP contribution in [0.5, 0.6) is 0 Å². The molecule has 5 aliphatic rings. The number of carbonyl (C=O) groups is 6. The molecule has 0 aromatic heterocycles. The predicted molar refractivity (Wildman–Crippen MR) is 162 cm³/mol. The maximum atomic E-state index is 12.8. The van der Waals surface area contributed by atoms with Crippen LogP contribution in [0.15, 0.2) is 94.9 Å². The third-order valence-corrected chi connectivity index (χ3v) is 8.08. The van der Waals surface area contributed by atoms with Gasteiger partial charge in [-0.15, -0.1) is 0 Å². The van der Waals surface area contributed by atoms with E-state index < -0.39 is 82.0 Å². The molecule has 16 nitrogen and oxygen atoms in total. The maximum absolute atomic E-state index is 12.8. The smallest absolute Gasteiger partial charge is 0.348 e. The van der Waals surface area contributed by atoms with Crippen LogP contribution in [-0.2, 0) is 66.7 Å². The number of hydrogen-bond donors (Lipinski definition) is 0. The molecule has 2 spiro atoms. The lowest BCUT2D eigenvalue weighted by molar-refractivity contribution is -0.406. The van der Waals surface area contributed by atoms with E-state index in [-0.39, 0.29) is 43.3 Å². The first-order chi connectivity index (χ1) is 24.0. The standard InChI is InChI=1S/C35H34O16/c1-5-33(4)46-26(38)21(27(39)47-33)13-9-7-11-15-23-30(42)50-35(51-31(23)43)18-16-34(17-19-35)48-28(40)22(29(41)49-34)14-10-6-8-12-20-24(36)44-32(2,3)45-25(20)37/h6-15,38,40H,5,16-19H2,1-4H3/p-2. The molecular formula is C35H32O16-2. The largest absolute Gasteiger partial charge is 0.574 e. The number of ether oxygens (including phenoxy) is 8. The molecule has 3 fully saturated rings. The minimum atomic E-state index is -1.68. The first-order valence-corrected chi connectivity index (χ1v) is 15.7. The molecule has 0 bridgehead atoms. The Balaban J connectivity index is 1.15. The molecular weight excluding hydrogens is 676 g/mol. The first kappa shape index (κ1) is 36.2. The highest BCUT2D eigenvalue weighted by molar-refractivity contribution is 6.16. The van der Waals surface area contributed by atoms with E-state index in [1.54, 1.807) is 6.92 Å². The Bertz CT molecular complexity index is 1760. The van der Waals surface area contributed by atoms with E-state index >= 15 is 0 Å². The monoisotopic (exact) mass is 708 g/mol. The van der Waals surface area contributed by atoms with Crippen LogP contribution < -0.4 is 10.2 Å². The van der Waals surface area contributed by atoms with E-state index in [2.05, 4.69) is 0 Å². The fourth-order valence-electron chi connectivity index (χ4n) is 5.22. The first-order valence-electron chi connectivity index (χ1n) is 15.7. The van der Waals surface area contributed by atoms with E-state index in [9.17, 15) is 39.0 Å². The van der Waals surface area contributed by atoms with Crippen molar-refractivity contribution in [1.82, 2.24) is 0 Å². The molecule has 1 unspecified atom stereocenters. The van der Waals surface area contributed by atoms with Crippen LogP contribution in [0.25, 0.3) is 0 Å². The van der Waals surface area contributed by atoms with E-state index in [0.29, 0.717) is 0 Å². The summed E-state index contributed by atoms with van der Waals surface area (Å²) in [5.74, 6) is -13.5. The topological polar surface area (TPSA) is 222 Å². The zero-order valence-electron chi connectivity index (χ0n) is 27.8. The lowest BCUT2D eigenvalue weighted by atomic mass is 9.87. The Hall–Kier alpha value is -6.06. The number of rotatable bonds is 7. The van der Waals surface area contributed by atoms with Crippen LogP contribution in [0.3, 0.4) is 0 Å². The van der Waals surface area contributed by atoms with Gasteiger partial charge in [0.25, 0.3) is 11.6 Å². The van der Waals surface area contributed by atoms with E-state index in [1.165, 1.54) is 57.2 Å². The van der Waals surface area contributed by atoms with Gasteiger partial charge in [-0.1, -0.05) is 43.4 Å². The molecule has 1 aliphatic carbocycles. The average molecular weight is 709 g/mol. The summed E-state index contributed by atoms with van der Waals surface area (Å²) in [5, 5.41) is 24.9. The molecule has 16 heteroatoms. The molecule has 1 atom stereocenters. The molecule has 0 amide bonds.